The number of carbonyl (C=O) groups is 1. The van der Waals surface area contributed by atoms with E-state index in [4.69, 9.17) is 10.5 Å². The average molecular weight is 367 g/mol. The third kappa shape index (κ3) is 6.17. The number of morpholine rings is 1. The molecule has 3 N–H and O–H groups in total. The predicted octanol–water partition coefficient (Wildman–Crippen LogP) is 2.01. The molecule has 1 amide bonds. The Hall–Kier alpha value is -2.21. The molecule has 27 heavy (non-hydrogen) atoms. The lowest BCUT2D eigenvalue weighted by Crippen LogP contribution is -2.47. The molecule has 0 spiro atoms. The van der Waals surface area contributed by atoms with Gasteiger partial charge in [-0.15, -0.1) is 0 Å². The van der Waals surface area contributed by atoms with E-state index >= 15 is 0 Å². The SMILES string of the molecule is Cc1ccc(CN2CCOC(CNC(=O)Cc3ccc(CN)cc3)C2)cc1. The van der Waals surface area contributed by atoms with E-state index < -0.39 is 0 Å². The minimum Gasteiger partial charge on any atom is -0.374 e. The first-order valence-corrected chi connectivity index (χ1v) is 9.56. The van der Waals surface area contributed by atoms with Crippen molar-refractivity contribution in [3.8, 4) is 0 Å². The van der Waals surface area contributed by atoms with Gasteiger partial charge in [-0.3, -0.25) is 9.69 Å². The molecular weight excluding hydrogens is 338 g/mol. The molecule has 5 heteroatoms. The maximum atomic E-state index is 12.2. The third-order valence-electron chi connectivity index (χ3n) is 4.90. The lowest BCUT2D eigenvalue weighted by atomic mass is 10.1. The summed E-state index contributed by atoms with van der Waals surface area (Å²) in [6.45, 7) is 6.54. The van der Waals surface area contributed by atoms with Gasteiger partial charge in [-0.25, -0.2) is 0 Å². The van der Waals surface area contributed by atoms with Crippen molar-refractivity contribution in [2.24, 2.45) is 5.73 Å². The lowest BCUT2D eigenvalue weighted by Gasteiger charge is -2.33. The van der Waals surface area contributed by atoms with Gasteiger partial charge in [-0.2, -0.15) is 0 Å². The van der Waals surface area contributed by atoms with Crippen molar-refractivity contribution in [3.63, 3.8) is 0 Å². The fraction of sp³-hybridized carbons (Fsp3) is 0.409. The fourth-order valence-corrected chi connectivity index (χ4v) is 3.27. The number of rotatable bonds is 7. The van der Waals surface area contributed by atoms with Crippen molar-refractivity contribution in [1.82, 2.24) is 10.2 Å². The number of ether oxygens (including phenoxy) is 1. The third-order valence-corrected chi connectivity index (χ3v) is 4.90. The van der Waals surface area contributed by atoms with Crippen LogP contribution >= 0.6 is 0 Å². The van der Waals surface area contributed by atoms with Gasteiger partial charge in [0, 0.05) is 32.7 Å². The molecule has 2 aromatic carbocycles. The Morgan fingerprint density at radius 2 is 1.78 bits per heavy atom. The van der Waals surface area contributed by atoms with Crippen LogP contribution in [0.5, 0.6) is 0 Å². The Balaban J connectivity index is 1.43. The minimum atomic E-state index is 0.0229. The normalized spacial score (nSPS) is 17.6. The maximum Gasteiger partial charge on any atom is 0.224 e. The van der Waals surface area contributed by atoms with Gasteiger partial charge in [0.05, 0.1) is 19.1 Å². The highest BCUT2D eigenvalue weighted by atomic mass is 16.5. The van der Waals surface area contributed by atoms with Crippen LogP contribution < -0.4 is 11.1 Å². The van der Waals surface area contributed by atoms with Crippen LogP contribution in [0.4, 0.5) is 0 Å². The zero-order valence-electron chi connectivity index (χ0n) is 16.0. The van der Waals surface area contributed by atoms with Crippen LogP contribution in [0.1, 0.15) is 22.3 Å². The second kappa shape index (κ2) is 9.65. The first kappa shape index (κ1) is 19.5. The van der Waals surface area contributed by atoms with Crippen molar-refractivity contribution in [1.29, 1.82) is 0 Å². The highest BCUT2D eigenvalue weighted by Crippen LogP contribution is 2.11. The number of nitrogens with one attached hydrogen (secondary N) is 1. The summed E-state index contributed by atoms with van der Waals surface area (Å²) in [7, 11) is 0. The van der Waals surface area contributed by atoms with Gasteiger partial charge in [0.2, 0.25) is 5.91 Å². The minimum absolute atomic E-state index is 0.0229. The van der Waals surface area contributed by atoms with E-state index in [1.54, 1.807) is 0 Å². The summed E-state index contributed by atoms with van der Waals surface area (Å²) >= 11 is 0. The predicted molar refractivity (Wildman–Crippen MR) is 107 cm³/mol. The molecule has 0 saturated carbocycles. The molecule has 3 rings (SSSR count). The van der Waals surface area contributed by atoms with Crippen LogP contribution in [0.15, 0.2) is 48.5 Å². The zero-order chi connectivity index (χ0) is 19.1. The molecular formula is C22H29N3O2. The van der Waals surface area contributed by atoms with Crippen LogP contribution in [0.25, 0.3) is 0 Å². The molecule has 1 aliphatic rings. The first-order chi connectivity index (χ1) is 13.1. The average Bonchev–Trinajstić information content (AvgIpc) is 2.69. The lowest BCUT2D eigenvalue weighted by molar-refractivity contribution is -0.121. The number of amides is 1. The van der Waals surface area contributed by atoms with Crippen LogP contribution in [-0.2, 0) is 29.0 Å². The Morgan fingerprint density at radius 3 is 2.48 bits per heavy atom. The second-order valence-electron chi connectivity index (χ2n) is 7.21. The number of hydrogen-bond acceptors (Lipinski definition) is 4. The Kier molecular flexibility index (Phi) is 6.98. The molecule has 1 saturated heterocycles. The smallest absolute Gasteiger partial charge is 0.224 e. The summed E-state index contributed by atoms with van der Waals surface area (Å²) in [5, 5.41) is 3.01. The monoisotopic (exact) mass is 367 g/mol. The van der Waals surface area contributed by atoms with E-state index in [9.17, 15) is 4.79 Å². The maximum absolute atomic E-state index is 12.2. The van der Waals surface area contributed by atoms with Gasteiger partial charge >= 0.3 is 0 Å². The molecule has 0 aliphatic carbocycles. The van der Waals surface area contributed by atoms with Crippen LogP contribution in [0.2, 0.25) is 0 Å². The summed E-state index contributed by atoms with van der Waals surface area (Å²) < 4.78 is 5.83. The van der Waals surface area contributed by atoms with Crippen molar-refractivity contribution >= 4 is 5.91 Å². The van der Waals surface area contributed by atoms with Gasteiger partial charge in [0.25, 0.3) is 0 Å². The van der Waals surface area contributed by atoms with Gasteiger partial charge < -0.3 is 15.8 Å². The molecule has 1 atom stereocenters. The Labute approximate surface area is 161 Å². The van der Waals surface area contributed by atoms with Crippen molar-refractivity contribution in [2.45, 2.75) is 32.5 Å². The summed E-state index contributed by atoms with van der Waals surface area (Å²) in [5.41, 5.74) is 10.3. The molecule has 144 valence electrons. The highest BCUT2D eigenvalue weighted by molar-refractivity contribution is 5.78. The molecule has 2 aromatic rings. The topological polar surface area (TPSA) is 67.6 Å². The molecule has 1 heterocycles. The van der Waals surface area contributed by atoms with Crippen molar-refractivity contribution in [2.75, 3.05) is 26.2 Å². The van der Waals surface area contributed by atoms with Crippen molar-refractivity contribution < 1.29 is 9.53 Å². The van der Waals surface area contributed by atoms with E-state index in [1.165, 1.54) is 11.1 Å². The summed E-state index contributed by atoms with van der Waals surface area (Å²) in [4.78, 5) is 14.6. The Bertz CT molecular complexity index is 728. The zero-order valence-corrected chi connectivity index (χ0v) is 16.0. The first-order valence-electron chi connectivity index (χ1n) is 9.56. The molecule has 1 aliphatic heterocycles. The number of aryl methyl sites for hydroxylation is 1. The van der Waals surface area contributed by atoms with Gasteiger partial charge in [0.15, 0.2) is 0 Å². The fourth-order valence-electron chi connectivity index (χ4n) is 3.27. The van der Waals surface area contributed by atoms with E-state index in [2.05, 4.69) is 41.4 Å². The number of carbonyl (C=O) groups excluding carboxylic acids is 1. The van der Waals surface area contributed by atoms with Crippen LogP contribution in [0, 0.1) is 6.92 Å². The molecule has 5 nitrogen and oxygen atoms in total. The number of hydrogen-bond donors (Lipinski definition) is 2. The van der Waals surface area contributed by atoms with E-state index in [1.807, 2.05) is 24.3 Å². The molecule has 0 bridgehead atoms. The number of nitrogens with two attached hydrogens (primary N) is 1. The van der Waals surface area contributed by atoms with Crippen molar-refractivity contribution in [3.05, 3.63) is 70.8 Å². The standard InChI is InChI=1S/C22H29N3O2/c1-17-2-4-20(5-3-17)15-25-10-11-27-21(16-25)14-24-22(26)12-18-6-8-19(13-23)9-7-18/h2-9,21H,10-16,23H2,1H3,(H,24,26). The summed E-state index contributed by atoms with van der Waals surface area (Å²) in [6, 6.07) is 16.5. The van der Waals surface area contributed by atoms with Gasteiger partial charge in [-0.05, 0) is 23.6 Å². The highest BCUT2D eigenvalue weighted by Gasteiger charge is 2.21. The summed E-state index contributed by atoms with van der Waals surface area (Å²) in [5.74, 6) is 0.0229. The molecule has 1 unspecified atom stereocenters. The summed E-state index contributed by atoms with van der Waals surface area (Å²) in [6.07, 6.45) is 0.415. The largest absolute Gasteiger partial charge is 0.374 e. The molecule has 0 aromatic heterocycles. The van der Waals surface area contributed by atoms with E-state index in [0.717, 1.165) is 30.8 Å². The number of nitrogens with zero attached hydrogens (tertiary/aromatic N) is 1. The van der Waals surface area contributed by atoms with E-state index in [-0.39, 0.29) is 12.0 Å². The van der Waals surface area contributed by atoms with Crippen LogP contribution in [0.3, 0.4) is 0 Å². The van der Waals surface area contributed by atoms with Gasteiger partial charge in [0.1, 0.15) is 0 Å². The molecule has 1 fully saturated rings. The quantitative estimate of drug-likeness (QED) is 0.786. The van der Waals surface area contributed by atoms with Crippen LogP contribution in [-0.4, -0.2) is 43.2 Å². The Morgan fingerprint density at radius 1 is 1.11 bits per heavy atom. The second-order valence-corrected chi connectivity index (χ2v) is 7.21. The number of benzene rings is 2. The van der Waals surface area contributed by atoms with Gasteiger partial charge in [-0.1, -0.05) is 54.1 Å². The van der Waals surface area contributed by atoms with E-state index in [0.29, 0.717) is 26.1 Å². The molecule has 0 radical (unpaired) electrons.